The number of anilines is 2. The van der Waals surface area contributed by atoms with Crippen molar-refractivity contribution in [1.82, 2.24) is 19.8 Å². The predicted molar refractivity (Wildman–Crippen MR) is 147 cm³/mol. The maximum atomic E-state index is 11.7. The highest BCUT2D eigenvalue weighted by Gasteiger charge is 2.37. The molecule has 2 N–H and O–H groups in total. The number of benzene rings is 1. The number of nitrogens with one attached hydrogen (secondary N) is 1. The van der Waals surface area contributed by atoms with Crippen LogP contribution < -0.4 is 10.2 Å². The van der Waals surface area contributed by atoms with Crippen LogP contribution in [0.3, 0.4) is 0 Å². The summed E-state index contributed by atoms with van der Waals surface area (Å²) < 4.78 is 0. The molecule has 8 nitrogen and oxygen atoms in total. The minimum Gasteiger partial charge on any atom is -0.395 e. The Morgan fingerprint density at radius 2 is 1.97 bits per heavy atom. The van der Waals surface area contributed by atoms with Crippen molar-refractivity contribution in [2.75, 3.05) is 56.1 Å². The number of likely N-dealkylation sites (tertiary alicyclic amines) is 2. The van der Waals surface area contributed by atoms with E-state index in [0.29, 0.717) is 21.9 Å². The summed E-state index contributed by atoms with van der Waals surface area (Å²) in [6.07, 6.45) is 7.12. The molecule has 0 spiro atoms. The van der Waals surface area contributed by atoms with Crippen LogP contribution >= 0.6 is 23.2 Å². The second-order valence-electron chi connectivity index (χ2n) is 10.6. The largest absolute Gasteiger partial charge is 0.395 e. The molecule has 200 valence electrons. The summed E-state index contributed by atoms with van der Waals surface area (Å²) in [7, 11) is 0. The summed E-state index contributed by atoms with van der Waals surface area (Å²) in [6.45, 7) is 7.82. The predicted octanol–water partition coefficient (Wildman–Crippen LogP) is 4.39. The molecule has 0 bridgehead atoms. The molecule has 3 aliphatic rings. The monoisotopic (exact) mass is 546 g/mol. The summed E-state index contributed by atoms with van der Waals surface area (Å²) in [4.78, 5) is 27.9. The molecule has 3 saturated heterocycles. The zero-order valence-electron chi connectivity index (χ0n) is 21.3. The van der Waals surface area contributed by atoms with Gasteiger partial charge in [0.15, 0.2) is 0 Å². The third-order valence-corrected chi connectivity index (χ3v) is 8.76. The van der Waals surface area contributed by atoms with Crippen LogP contribution in [0.4, 0.5) is 11.8 Å². The first kappa shape index (κ1) is 26.5. The van der Waals surface area contributed by atoms with Crippen molar-refractivity contribution >= 4 is 41.4 Å². The molecule has 1 aromatic carbocycles. The highest BCUT2D eigenvalue weighted by molar-refractivity contribution is 6.35. The van der Waals surface area contributed by atoms with E-state index in [0.717, 1.165) is 81.4 Å². The van der Waals surface area contributed by atoms with Crippen LogP contribution in [0.25, 0.3) is 0 Å². The molecule has 3 aliphatic heterocycles. The van der Waals surface area contributed by atoms with Crippen molar-refractivity contribution in [2.24, 2.45) is 11.8 Å². The van der Waals surface area contributed by atoms with Crippen LogP contribution in [0.15, 0.2) is 24.4 Å². The van der Waals surface area contributed by atoms with Crippen LogP contribution in [-0.4, -0.2) is 77.2 Å². The van der Waals surface area contributed by atoms with E-state index in [1.165, 1.54) is 12.8 Å². The lowest BCUT2D eigenvalue weighted by Gasteiger charge is -2.46. The van der Waals surface area contributed by atoms with Gasteiger partial charge in [0.25, 0.3) is 0 Å². The molecule has 3 fully saturated rings. The fraction of sp³-hybridized carbons (Fsp3) is 0.593. The van der Waals surface area contributed by atoms with Gasteiger partial charge in [-0.2, -0.15) is 4.98 Å². The average Bonchev–Trinajstić information content (AvgIpc) is 3.32. The standard InChI is InChI=1S/C27H36Cl2N6O2/c1-18(22-7-6-21(28)12-24(22)29)31-26-23(25-5-3-9-34(25)17-37)13-30-27(32-26)35-15-20(16-35)19-4-2-8-33(14-19)10-11-36/h6-7,12-13,17-20,25,36H,2-5,8-11,14-16H2,1H3,(H,30,31,32)/t18-,19+,25?/m1/s1. The topological polar surface area (TPSA) is 84.8 Å². The van der Waals surface area contributed by atoms with E-state index < -0.39 is 0 Å². The average molecular weight is 548 g/mol. The second-order valence-corrected chi connectivity index (χ2v) is 11.4. The first-order valence-corrected chi connectivity index (χ1v) is 14.1. The minimum atomic E-state index is -0.110. The normalized spacial score (nSPS) is 23.7. The van der Waals surface area contributed by atoms with Crippen molar-refractivity contribution in [2.45, 2.75) is 44.7 Å². The third-order valence-electron chi connectivity index (χ3n) is 8.19. The Labute approximate surface area is 229 Å². The molecule has 0 radical (unpaired) electrons. The van der Waals surface area contributed by atoms with Gasteiger partial charge in [-0.15, -0.1) is 0 Å². The van der Waals surface area contributed by atoms with Gasteiger partial charge >= 0.3 is 0 Å². The zero-order valence-corrected chi connectivity index (χ0v) is 22.8. The Morgan fingerprint density at radius 1 is 1.16 bits per heavy atom. The Bertz CT molecular complexity index is 1100. The van der Waals surface area contributed by atoms with Gasteiger partial charge in [0.1, 0.15) is 5.82 Å². The third kappa shape index (κ3) is 5.82. The van der Waals surface area contributed by atoms with Crippen LogP contribution in [-0.2, 0) is 4.79 Å². The number of nitrogens with zero attached hydrogens (tertiary/aromatic N) is 5. The highest BCUT2D eigenvalue weighted by Crippen LogP contribution is 2.38. The molecular formula is C27H36Cl2N6O2. The number of aromatic nitrogens is 2. The number of aliphatic hydroxyl groups is 1. The zero-order chi connectivity index (χ0) is 25.9. The van der Waals surface area contributed by atoms with Crippen molar-refractivity contribution in [3.8, 4) is 0 Å². The van der Waals surface area contributed by atoms with Gasteiger partial charge in [-0.05, 0) is 68.7 Å². The molecule has 0 saturated carbocycles. The van der Waals surface area contributed by atoms with Gasteiger partial charge in [0.05, 0.1) is 18.7 Å². The fourth-order valence-corrected chi connectivity index (χ4v) is 6.65. The number of rotatable bonds is 9. The van der Waals surface area contributed by atoms with Gasteiger partial charge < -0.3 is 25.1 Å². The van der Waals surface area contributed by atoms with Gasteiger partial charge in [-0.3, -0.25) is 4.79 Å². The van der Waals surface area contributed by atoms with Crippen molar-refractivity contribution < 1.29 is 9.90 Å². The molecule has 0 aliphatic carbocycles. The molecular weight excluding hydrogens is 511 g/mol. The lowest BCUT2D eigenvalue weighted by atomic mass is 9.81. The molecule has 3 atom stereocenters. The van der Waals surface area contributed by atoms with E-state index in [-0.39, 0.29) is 18.7 Å². The molecule has 1 amide bonds. The number of piperidine rings is 1. The number of β-amino-alcohol motifs (C(OH)–C–C–N with tert-alkyl or cyclic N) is 1. The maximum Gasteiger partial charge on any atom is 0.227 e. The number of amides is 1. The summed E-state index contributed by atoms with van der Waals surface area (Å²) in [5.41, 5.74) is 1.87. The van der Waals surface area contributed by atoms with Crippen LogP contribution in [0.2, 0.25) is 10.0 Å². The second kappa shape index (κ2) is 11.7. The summed E-state index contributed by atoms with van der Waals surface area (Å²) in [6, 6.07) is 5.38. The number of hydrogen-bond donors (Lipinski definition) is 2. The first-order valence-electron chi connectivity index (χ1n) is 13.3. The van der Waals surface area contributed by atoms with Gasteiger partial charge in [-0.1, -0.05) is 29.3 Å². The molecule has 1 aromatic heterocycles. The van der Waals surface area contributed by atoms with Crippen LogP contribution in [0, 0.1) is 11.8 Å². The van der Waals surface area contributed by atoms with Crippen LogP contribution in [0.5, 0.6) is 0 Å². The maximum absolute atomic E-state index is 11.7. The Kier molecular flexibility index (Phi) is 8.39. The molecule has 2 aromatic rings. The van der Waals surface area contributed by atoms with Gasteiger partial charge in [-0.25, -0.2) is 4.98 Å². The lowest BCUT2D eigenvalue weighted by Crippen LogP contribution is -2.54. The lowest BCUT2D eigenvalue weighted by molar-refractivity contribution is -0.118. The number of hydrogen-bond acceptors (Lipinski definition) is 7. The van der Waals surface area contributed by atoms with Crippen molar-refractivity contribution in [3.63, 3.8) is 0 Å². The number of aliphatic hydroxyl groups excluding tert-OH is 1. The molecule has 1 unspecified atom stereocenters. The van der Waals surface area contributed by atoms with Crippen LogP contribution in [0.1, 0.15) is 55.8 Å². The van der Waals surface area contributed by atoms with Gasteiger partial charge in [0, 0.05) is 54.5 Å². The SMILES string of the molecule is C[C@@H](Nc1nc(N2CC([C@H]3CCCN(CCO)C3)C2)ncc1C1CCCN1C=O)c1ccc(Cl)cc1Cl. The molecule has 10 heteroatoms. The van der Waals surface area contributed by atoms with E-state index in [9.17, 15) is 9.90 Å². The summed E-state index contributed by atoms with van der Waals surface area (Å²) in [5, 5.41) is 14.1. The summed E-state index contributed by atoms with van der Waals surface area (Å²) >= 11 is 12.6. The Hall–Kier alpha value is -2.13. The van der Waals surface area contributed by atoms with E-state index in [4.69, 9.17) is 33.2 Å². The molecule has 4 heterocycles. The van der Waals surface area contributed by atoms with Crippen molar-refractivity contribution in [1.29, 1.82) is 0 Å². The van der Waals surface area contributed by atoms with Crippen molar-refractivity contribution in [3.05, 3.63) is 45.6 Å². The van der Waals surface area contributed by atoms with E-state index in [1.807, 2.05) is 30.2 Å². The first-order chi connectivity index (χ1) is 18.0. The molecule has 37 heavy (non-hydrogen) atoms. The summed E-state index contributed by atoms with van der Waals surface area (Å²) in [5.74, 6) is 2.74. The van der Waals surface area contributed by atoms with E-state index >= 15 is 0 Å². The minimum absolute atomic E-state index is 0.0363. The molecule has 5 rings (SSSR count). The fourth-order valence-electron chi connectivity index (χ4n) is 6.07. The van der Waals surface area contributed by atoms with E-state index in [1.54, 1.807) is 6.07 Å². The number of halogens is 2. The number of carbonyl (C=O) groups excluding carboxylic acids is 1. The number of carbonyl (C=O) groups is 1. The Balaban J connectivity index is 1.34. The smallest absolute Gasteiger partial charge is 0.227 e. The Morgan fingerprint density at radius 3 is 2.73 bits per heavy atom. The van der Waals surface area contributed by atoms with Gasteiger partial charge in [0.2, 0.25) is 12.4 Å². The quantitative estimate of drug-likeness (QED) is 0.451. The van der Waals surface area contributed by atoms with E-state index in [2.05, 4.69) is 15.1 Å². The highest BCUT2D eigenvalue weighted by atomic mass is 35.5.